The number of nitrogens with zero attached hydrogens (tertiary/aromatic N) is 2. The smallest absolute Gasteiger partial charge is 0.338 e. The van der Waals surface area contributed by atoms with Gasteiger partial charge in [-0.1, -0.05) is 55.0 Å². The van der Waals surface area contributed by atoms with Crippen LogP contribution in [-0.4, -0.2) is 35.0 Å². The minimum absolute atomic E-state index is 0.104. The number of aromatic carboxylic acids is 1. The van der Waals surface area contributed by atoms with Crippen LogP contribution in [0.3, 0.4) is 0 Å². The number of carboxylic acids is 1. The van der Waals surface area contributed by atoms with E-state index in [1.165, 1.54) is 23.5 Å². The van der Waals surface area contributed by atoms with Gasteiger partial charge in [-0.15, -0.1) is 0 Å². The predicted octanol–water partition coefficient (Wildman–Crippen LogP) is 4.58. The Morgan fingerprint density at radius 3 is 2.51 bits per heavy atom. The summed E-state index contributed by atoms with van der Waals surface area (Å²) in [7, 11) is 0. The van der Waals surface area contributed by atoms with Gasteiger partial charge in [-0.25, -0.2) is 14.6 Å². The van der Waals surface area contributed by atoms with Crippen LogP contribution in [0.1, 0.15) is 59.8 Å². The molecule has 0 saturated carbocycles. The quantitative estimate of drug-likeness (QED) is 0.254. The first kappa shape index (κ1) is 29.9. The number of carboxylic acid groups (broad SMARTS) is 1. The standard InChI is InChI=1S/C34H30N2O8S/c1-3-5-25-29(33(40)41-4-2)30(23-12-15-26-27(17-23)44-19-43-26)36-31(37)28(45-34(36)35-25)16-20-8-13-24(14-9-20)42-18-21-6-10-22(11-7-21)32(38)39/h6-17,30H,3-5,18-19H2,1-2H3,(H,38,39)/b28-16+/t30-/m0/s1. The Balaban J connectivity index is 1.34. The third kappa shape index (κ3) is 6.12. The van der Waals surface area contributed by atoms with Gasteiger partial charge >= 0.3 is 11.9 Å². The number of carbonyl (C=O) groups excluding carboxylic acids is 1. The van der Waals surface area contributed by atoms with Gasteiger partial charge in [-0.2, -0.15) is 0 Å². The van der Waals surface area contributed by atoms with Crippen molar-refractivity contribution in [2.45, 2.75) is 39.3 Å². The number of aromatic nitrogens is 1. The van der Waals surface area contributed by atoms with Gasteiger partial charge in [-0.05, 0) is 72.5 Å². The Labute approximate surface area is 262 Å². The summed E-state index contributed by atoms with van der Waals surface area (Å²) in [6, 6.07) is 18.5. The second-order valence-corrected chi connectivity index (χ2v) is 11.4. The normalized spacial score (nSPS) is 15.4. The SMILES string of the molecule is CCCC1=C(C(=O)OCC)[C@H](c2ccc3c(c2)OCO3)n2c(s/c(=C/c3ccc(OCc4ccc(C(=O)O)cc4)cc3)c2=O)=N1. The van der Waals surface area contributed by atoms with Crippen molar-refractivity contribution in [3.05, 3.63) is 120 Å². The fraction of sp³-hybridized carbons (Fsp3) is 0.235. The molecule has 1 atom stereocenters. The highest BCUT2D eigenvalue weighted by atomic mass is 32.1. The van der Waals surface area contributed by atoms with Gasteiger partial charge in [0.15, 0.2) is 16.3 Å². The van der Waals surface area contributed by atoms with E-state index in [1.807, 2.05) is 37.3 Å². The molecule has 230 valence electrons. The maximum atomic E-state index is 14.0. The Morgan fingerprint density at radius 1 is 1.04 bits per heavy atom. The van der Waals surface area contributed by atoms with Crippen molar-refractivity contribution in [2.75, 3.05) is 13.4 Å². The summed E-state index contributed by atoms with van der Waals surface area (Å²) >= 11 is 1.27. The molecule has 0 aliphatic carbocycles. The van der Waals surface area contributed by atoms with E-state index in [-0.39, 0.29) is 31.1 Å². The highest BCUT2D eigenvalue weighted by Gasteiger charge is 2.35. The van der Waals surface area contributed by atoms with Crippen molar-refractivity contribution in [1.82, 2.24) is 4.57 Å². The van der Waals surface area contributed by atoms with Crippen molar-refractivity contribution < 1.29 is 33.6 Å². The second kappa shape index (κ2) is 12.8. The Kier molecular flexibility index (Phi) is 8.52. The molecule has 45 heavy (non-hydrogen) atoms. The maximum Gasteiger partial charge on any atom is 0.338 e. The van der Waals surface area contributed by atoms with E-state index in [0.717, 1.165) is 17.5 Å². The van der Waals surface area contributed by atoms with Crippen LogP contribution in [0.2, 0.25) is 0 Å². The van der Waals surface area contributed by atoms with Gasteiger partial charge in [-0.3, -0.25) is 9.36 Å². The second-order valence-electron chi connectivity index (χ2n) is 10.4. The number of esters is 1. The first-order valence-electron chi connectivity index (χ1n) is 14.5. The summed E-state index contributed by atoms with van der Waals surface area (Å²) in [6.07, 6.45) is 3.10. The fourth-order valence-electron chi connectivity index (χ4n) is 5.24. The highest BCUT2D eigenvalue weighted by Crippen LogP contribution is 2.38. The number of ether oxygens (including phenoxy) is 4. The van der Waals surface area contributed by atoms with E-state index < -0.39 is 18.0 Å². The summed E-state index contributed by atoms with van der Waals surface area (Å²) in [4.78, 5) is 43.8. The van der Waals surface area contributed by atoms with Gasteiger partial charge in [0, 0.05) is 0 Å². The van der Waals surface area contributed by atoms with Gasteiger partial charge in [0.25, 0.3) is 5.56 Å². The van der Waals surface area contributed by atoms with Gasteiger partial charge in [0.2, 0.25) is 6.79 Å². The average molecular weight is 627 g/mol. The monoisotopic (exact) mass is 626 g/mol. The summed E-state index contributed by atoms with van der Waals surface area (Å²) in [5.41, 5.74) is 3.21. The number of fused-ring (bicyclic) bond motifs is 2. The first-order chi connectivity index (χ1) is 21.9. The van der Waals surface area contributed by atoms with Crippen LogP contribution in [0.4, 0.5) is 0 Å². The van der Waals surface area contributed by atoms with Crippen molar-refractivity contribution in [2.24, 2.45) is 4.99 Å². The molecule has 0 saturated heterocycles. The molecule has 1 aromatic heterocycles. The lowest BCUT2D eigenvalue weighted by Gasteiger charge is -2.25. The molecule has 0 spiro atoms. The average Bonchev–Trinajstić information content (AvgIpc) is 3.64. The van der Waals surface area contributed by atoms with Crippen LogP contribution in [0.5, 0.6) is 17.2 Å². The molecule has 0 bridgehead atoms. The molecule has 0 unspecified atom stereocenters. The summed E-state index contributed by atoms with van der Waals surface area (Å²) in [5, 5.41) is 9.07. The maximum absolute atomic E-state index is 14.0. The van der Waals surface area contributed by atoms with Crippen LogP contribution in [0, 0.1) is 0 Å². The van der Waals surface area contributed by atoms with Gasteiger partial charge < -0.3 is 24.1 Å². The minimum Gasteiger partial charge on any atom is -0.489 e. The highest BCUT2D eigenvalue weighted by molar-refractivity contribution is 7.07. The predicted molar refractivity (Wildman–Crippen MR) is 166 cm³/mol. The molecule has 2 aliphatic rings. The van der Waals surface area contributed by atoms with E-state index in [1.54, 1.807) is 41.8 Å². The molecular weight excluding hydrogens is 596 g/mol. The van der Waals surface area contributed by atoms with Crippen LogP contribution >= 0.6 is 11.3 Å². The van der Waals surface area contributed by atoms with Gasteiger partial charge in [0.05, 0.1) is 34.0 Å². The number of hydrogen-bond donors (Lipinski definition) is 1. The lowest BCUT2D eigenvalue weighted by atomic mass is 9.94. The molecular formula is C34H30N2O8S. The number of carbonyl (C=O) groups is 2. The largest absolute Gasteiger partial charge is 0.489 e. The summed E-state index contributed by atoms with van der Waals surface area (Å²) in [6.45, 7) is 4.33. The number of rotatable bonds is 10. The van der Waals surface area contributed by atoms with Crippen molar-refractivity contribution in [1.29, 1.82) is 0 Å². The Morgan fingerprint density at radius 2 is 1.80 bits per heavy atom. The van der Waals surface area contributed by atoms with E-state index >= 15 is 0 Å². The first-order valence-corrected chi connectivity index (χ1v) is 15.3. The molecule has 0 radical (unpaired) electrons. The molecule has 0 amide bonds. The van der Waals surface area contributed by atoms with Gasteiger partial charge in [0.1, 0.15) is 12.4 Å². The Bertz CT molecular complexity index is 1970. The molecule has 3 heterocycles. The zero-order chi connectivity index (χ0) is 31.5. The minimum atomic E-state index is -0.977. The number of allylic oxidation sites excluding steroid dienone is 1. The molecule has 6 rings (SSSR count). The van der Waals surface area contributed by atoms with Crippen LogP contribution in [0.15, 0.2) is 87.8 Å². The van der Waals surface area contributed by atoms with Crippen molar-refractivity contribution >= 4 is 29.4 Å². The summed E-state index contributed by atoms with van der Waals surface area (Å²) < 4.78 is 24.5. The molecule has 4 aromatic rings. The van der Waals surface area contributed by atoms with E-state index in [4.69, 9.17) is 29.0 Å². The molecule has 10 nitrogen and oxygen atoms in total. The van der Waals surface area contributed by atoms with Crippen LogP contribution in [-0.2, 0) is 16.1 Å². The number of benzene rings is 3. The lowest BCUT2D eigenvalue weighted by molar-refractivity contribution is -0.139. The number of hydrogen-bond acceptors (Lipinski definition) is 9. The molecule has 2 aliphatic heterocycles. The molecule has 3 aromatic carbocycles. The van der Waals surface area contributed by atoms with E-state index in [2.05, 4.69) is 0 Å². The van der Waals surface area contributed by atoms with Crippen molar-refractivity contribution in [3.8, 4) is 17.2 Å². The topological polar surface area (TPSA) is 126 Å². The molecule has 11 heteroatoms. The Hall–Kier alpha value is -5.16. The third-order valence-corrected chi connectivity index (χ3v) is 8.37. The van der Waals surface area contributed by atoms with Crippen LogP contribution in [0.25, 0.3) is 6.08 Å². The summed E-state index contributed by atoms with van der Waals surface area (Å²) in [5.74, 6) is 0.295. The zero-order valence-corrected chi connectivity index (χ0v) is 25.5. The third-order valence-electron chi connectivity index (χ3n) is 7.39. The van der Waals surface area contributed by atoms with Crippen LogP contribution < -0.4 is 29.1 Å². The zero-order valence-electron chi connectivity index (χ0n) is 24.6. The lowest BCUT2D eigenvalue weighted by Crippen LogP contribution is -2.40. The van der Waals surface area contributed by atoms with Crippen molar-refractivity contribution in [3.63, 3.8) is 0 Å². The van der Waals surface area contributed by atoms with E-state index in [0.29, 0.717) is 49.8 Å². The molecule has 1 N–H and O–H groups in total. The number of thiazole rings is 1. The van der Waals surface area contributed by atoms with E-state index in [9.17, 15) is 14.4 Å². The molecule has 0 fully saturated rings. The fourth-order valence-corrected chi connectivity index (χ4v) is 6.26.